The molecule has 0 aliphatic rings. The fraction of sp³-hybridized carbons (Fsp3) is 0.727. The van der Waals surface area contributed by atoms with Crippen molar-refractivity contribution in [2.75, 3.05) is 27.7 Å². The first kappa shape index (κ1) is 25.9. The van der Waals surface area contributed by atoms with Gasteiger partial charge in [0.15, 0.2) is 0 Å². The second-order valence-corrected chi connectivity index (χ2v) is 5.23. The van der Waals surface area contributed by atoms with E-state index in [9.17, 15) is 29.7 Å². The van der Waals surface area contributed by atoms with Gasteiger partial charge in [0.25, 0.3) is 0 Å². The van der Waals surface area contributed by atoms with Gasteiger partial charge in [0.05, 0.1) is 33.1 Å². The van der Waals surface area contributed by atoms with Crippen molar-refractivity contribution in [1.82, 2.24) is 0 Å². The summed E-state index contributed by atoms with van der Waals surface area (Å²) < 4.78 is 0.550. The van der Waals surface area contributed by atoms with Crippen molar-refractivity contribution in [2.24, 2.45) is 0 Å². The fourth-order valence-electron chi connectivity index (χ4n) is 1.15. The molecule has 0 aliphatic heterocycles. The molecule has 0 saturated carbocycles. The van der Waals surface area contributed by atoms with E-state index in [1.165, 1.54) is 0 Å². The molecular weight excluding hydrogens is 314 g/mol. The minimum absolute atomic E-state index is 0. The predicted molar refractivity (Wildman–Crippen MR) is 66.3 cm³/mol. The maximum absolute atomic E-state index is 10.0. The van der Waals surface area contributed by atoms with Gasteiger partial charge < -0.3 is 49.5 Å². The molecule has 124 valence electrons. The molecule has 0 radical (unpaired) electrons. The van der Waals surface area contributed by atoms with Gasteiger partial charge in [-0.3, -0.25) is 0 Å². The fourth-order valence-corrected chi connectivity index (χ4v) is 1.15. The average Bonchev–Trinajstić information content (AvgIpc) is 2.23. The number of nitrogens with zero attached hydrogens (tertiary/aromatic N) is 1. The first-order valence-corrected chi connectivity index (χ1v) is 5.74. The number of aliphatic hydroxyl groups is 3. The third kappa shape index (κ3) is 15.4. The number of hydrogen-bond acceptors (Lipinski definition) is 9. The van der Waals surface area contributed by atoms with Crippen LogP contribution >= 0.6 is 0 Å². The number of hydrogen-bond donors (Lipinski definition) is 3. The van der Waals surface area contributed by atoms with Crippen LogP contribution in [0.15, 0.2) is 0 Å². The van der Waals surface area contributed by atoms with E-state index in [0.717, 1.165) is 0 Å². The van der Waals surface area contributed by atoms with Gasteiger partial charge in [0, 0.05) is 12.4 Å². The molecule has 0 heterocycles. The van der Waals surface area contributed by atoms with Crippen LogP contribution in [0.25, 0.3) is 0 Å². The monoisotopic (exact) mass is 333 g/mol. The Morgan fingerprint density at radius 1 is 0.909 bits per heavy atom. The van der Waals surface area contributed by atoms with Gasteiger partial charge in [-0.1, -0.05) is 0 Å². The summed E-state index contributed by atoms with van der Waals surface area (Å²) in [7, 11) is 5.66. The van der Waals surface area contributed by atoms with Crippen molar-refractivity contribution in [3.63, 3.8) is 0 Å². The number of carbonyl (C=O) groups excluding carboxylic acids is 3. The van der Waals surface area contributed by atoms with Crippen LogP contribution in [-0.2, 0) is 14.4 Å². The number of rotatable bonds is 7. The predicted octanol–water partition coefficient (Wildman–Crippen LogP) is -6.98. The van der Waals surface area contributed by atoms with E-state index < -0.39 is 36.2 Å². The van der Waals surface area contributed by atoms with E-state index >= 15 is 0 Å². The number of aliphatic carboxylic acids is 3. The van der Waals surface area contributed by atoms with Gasteiger partial charge >= 0.3 is 23.1 Å². The van der Waals surface area contributed by atoms with Crippen LogP contribution in [0.3, 0.4) is 0 Å². The SMILES string of the molecule is C[N+](C)(C)C[C@H](O)CC(=O)[O-].O=C([O-])[C@H](O)[C@@H](O)C(=O)[O-].[Mg+2]. The number of carboxylic acids is 3. The van der Waals surface area contributed by atoms with Crippen LogP contribution in [0.4, 0.5) is 0 Å². The molecule has 0 spiro atoms. The van der Waals surface area contributed by atoms with Crippen molar-refractivity contribution in [3.8, 4) is 0 Å². The summed E-state index contributed by atoms with van der Waals surface area (Å²) in [5, 5.41) is 54.9. The number of carbonyl (C=O) groups is 3. The topological polar surface area (TPSA) is 181 Å². The van der Waals surface area contributed by atoms with Gasteiger partial charge in [-0.2, -0.15) is 0 Å². The Morgan fingerprint density at radius 2 is 1.23 bits per heavy atom. The molecule has 0 rings (SSSR count). The molecule has 22 heavy (non-hydrogen) atoms. The number of aliphatic hydroxyl groups excluding tert-OH is 3. The Bertz CT molecular complexity index is 351. The Kier molecular flexibility index (Phi) is 13.6. The van der Waals surface area contributed by atoms with Gasteiger partial charge in [0.1, 0.15) is 24.9 Å². The Balaban J connectivity index is -0.000000315. The minimum atomic E-state index is -2.44. The van der Waals surface area contributed by atoms with Crippen LogP contribution in [0.5, 0.6) is 0 Å². The van der Waals surface area contributed by atoms with Crippen molar-refractivity contribution in [3.05, 3.63) is 0 Å². The maximum atomic E-state index is 10.0. The molecular formula is C11H19MgNO9. The van der Waals surface area contributed by atoms with E-state index in [0.29, 0.717) is 11.0 Å². The second-order valence-electron chi connectivity index (χ2n) is 5.23. The smallest absolute Gasteiger partial charge is 0.550 e. The second kappa shape index (κ2) is 11.6. The zero-order valence-electron chi connectivity index (χ0n) is 12.6. The Hall–Kier alpha value is -0.984. The quantitative estimate of drug-likeness (QED) is 0.301. The third-order valence-corrected chi connectivity index (χ3v) is 1.94. The summed E-state index contributed by atoms with van der Waals surface area (Å²) in [6.07, 6.45) is -5.97. The standard InChI is InChI=1S/C7H15NO3.C4H6O6.Mg/c1-8(2,3)5-6(9)4-7(10)11;5-1(3(7)8)2(6)4(9)10;/h6,9H,4-5H2,1-3H3;1-2,5-6H,(H,7,8)(H,9,10);/q;;+2/p-2/t6-;1-,2-;/m11./s1. The van der Waals surface area contributed by atoms with Gasteiger partial charge in [-0.05, 0) is 0 Å². The van der Waals surface area contributed by atoms with E-state index in [1.54, 1.807) is 0 Å². The molecule has 0 aromatic heterocycles. The normalized spacial score (nSPS) is 14.5. The van der Waals surface area contributed by atoms with E-state index in [2.05, 4.69) is 0 Å². The minimum Gasteiger partial charge on any atom is -0.550 e. The van der Waals surface area contributed by atoms with Crippen LogP contribution in [0.2, 0.25) is 0 Å². The van der Waals surface area contributed by atoms with Gasteiger partial charge in [0.2, 0.25) is 0 Å². The van der Waals surface area contributed by atoms with E-state index in [4.69, 9.17) is 15.3 Å². The van der Waals surface area contributed by atoms with Gasteiger partial charge in [-0.15, -0.1) is 0 Å². The average molecular weight is 334 g/mol. The van der Waals surface area contributed by atoms with Crippen LogP contribution in [-0.4, -0.2) is 107 Å². The zero-order chi connectivity index (χ0) is 17.4. The van der Waals surface area contributed by atoms with E-state index in [1.807, 2.05) is 21.1 Å². The molecule has 3 atom stereocenters. The molecule has 0 saturated heterocycles. The third-order valence-electron chi connectivity index (χ3n) is 1.94. The van der Waals surface area contributed by atoms with Crippen molar-refractivity contribution in [1.29, 1.82) is 0 Å². The molecule has 0 amide bonds. The molecule has 3 N–H and O–H groups in total. The molecule has 0 aliphatic carbocycles. The zero-order valence-corrected chi connectivity index (χ0v) is 14.0. The number of likely N-dealkylation sites (N-methyl/N-ethyl adjacent to an activating group) is 1. The largest absolute Gasteiger partial charge is 2.00 e. The van der Waals surface area contributed by atoms with Crippen molar-refractivity contribution < 1.29 is 49.5 Å². The first-order valence-electron chi connectivity index (χ1n) is 5.74. The molecule has 0 unspecified atom stereocenters. The maximum Gasteiger partial charge on any atom is 2.00 e. The number of quaternary nitrogens is 1. The summed E-state index contributed by atoms with van der Waals surface area (Å²) in [5.41, 5.74) is 0. The Labute approximate surface area is 143 Å². The number of carboxylic acid groups (broad SMARTS) is 3. The summed E-state index contributed by atoms with van der Waals surface area (Å²) in [5.74, 6) is -5.32. The van der Waals surface area contributed by atoms with Gasteiger partial charge in [-0.25, -0.2) is 0 Å². The molecule has 11 heteroatoms. The van der Waals surface area contributed by atoms with E-state index in [-0.39, 0.29) is 29.5 Å². The van der Waals surface area contributed by atoms with Crippen LogP contribution in [0, 0.1) is 0 Å². The molecule has 10 nitrogen and oxygen atoms in total. The molecule has 0 bridgehead atoms. The van der Waals surface area contributed by atoms with Crippen molar-refractivity contribution in [2.45, 2.75) is 24.7 Å². The summed E-state index contributed by atoms with van der Waals surface area (Å²) in [4.78, 5) is 29.3. The summed E-state index contributed by atoms with van der Waals surface area (Å²) in [6, 6.07) is 0. The van der Waals surface area contributed by atoms with Crippen LogP contribution < -0.4 is 15.3 Å². The first-order chi connectivity index (χ1) is 9.27. The molecule has 0 aromatic carbocycles. The Morgan fingerprint density at radius 3 is 1.41 bits per heavy atom. The molecule has 0 aromatic rings. The molecule has 0 fully saturated rings. The summed E-state index contributed by atoms with van der Waals surface area (Å²) in [6.45, 7) is 0.425. The van der Waals surface area contributed by atoms with Crippen LogP contribution in [0.1, 0.15) is 6.42 Å². The van der Waals surface area contributed by atoms with Crippen molar-refractivity contribution >= 4 is 41.0 Å². The summed E-state index contributed by atoms with van der Waals surface area (Å²) >= 11 is 0.